The van der Waals surface area contributed by atoms with Crippen molar-refractivity contribution in [3.63, 3.8) is 0 Å². The van der Waals surface area contributed by atoms with Crippen molar-refractivity contribution in [3.05, 3.63) is 18.2 Å². The van der Waals surface area contributed by atoms with Crippen molar-refractivity contribution in [2.45, 2.75) is 0 Å². The maximum atomic E-state index is 10.4. The number of nitrogen functional groups attached to an aromatic ring is 1. The number of nitrogens with zero attached hydrogens (tertiary/aromatic N) is 1. The quantitative estimate of drug-likeness (QED) is 0.479. The van der Waals surface area contributed by atoms with Crippen molar-refractivity contribution in [1.82, 2.24) is 10.3 Å². The van der Waals surface area contributed by atoms with Gasteiger partial charge < -0.3 is 22.1 Å². The lowest BCUT2D eigenvalue weighted by molar-refractivity contribution is 0.249. The zero-order valence-electron chi connectivity index (χ0n) is 9.06. The maximum absolute atomic E-state index is 10.4. The van der Waals surface area contributed by atoms with Gasteiger partial charge in [-0.15, -0.1) is 0 Å². The van der Waals surface area contributed by atoms with E-state index in [-0.39, 0.29) is 0 Å². The van der Waals surface area contributed by atoms with Gasteiger partial charge in [0.15, 0.2) is 5.13 Å². The Morgan fingerprint density at radius 1 is 1.41 bits per heavy atom. The number of nitrogens with two attached hydrogens (primary N) is 2. The minimum Gasteiger partial charge on any atom is -0.399 e. The normalized spacial score (nSPS) is 10.4. The molecule has 0 atom stereocenters. The molecule has 0 saturated carbocycles. The van der Waals surface area contributed by atoms with Gasteiger partial charge in [0, 0.05) is 18.8 Å². The summed E-state index contributed by atoms with van der Waals surface area (Å²) < 4.78 is 1.04. The second kappa shape index (κ2) is 4.88. The number of rotatable bonds is 4. The number of fused-ring (bicyclic) bond motifs is 1. The molecule has 1 aromatic heterocycles. The molecule has 2 rings (SSSR count). The second-order valence-electron chi connectivity index (χ2n) is 3.46. The van der Waals surface area contributed by atoms with Crippen molar-refractivity contribution >= 4 is 38.4 Å². The topological polar surface area (TPSA) is 106 Å². The molecule has 7 heteroatoms. The first-order valence-electron chi connectivity index (χ1n) is 5.08. The van der Waals surface area contributed by atoms with E-state index in [1.165, 1.54) is 11.3 Å². The highest BCUT2D eigenvalue weighted by atomic mass is 32.1. The molecule has 0 aliphatic rings. The number of amides is 2. The van der Waals surface area contributed by atoms with Gasteiger partial charge in [-0.1, -0.05) is 11.3 Å². The van der Waals surface area contributed by atoms with Gasteiger partial charge in [-0.25, -0.2) is 9.78 Å². The molecule has 0 radical (unpaired) electrons. The first kappa shape index (κ1) is 11.5. The fourth-order valence-electron chi connectivity index (χ4n) is 1.37. The summed E-state index contributed by atoms with van der Waals surface area (Å²) in [6.07, 6.45) is 0. The standard InChI is InChI=1S/C10H13N5OS/c11-6-1-2-7-8(5-6)17-10(15-7)14-4-3-13-9(12)16/h1-2,5H,3-4,11H2,(H,14,15)(H3,12,13,16). The van der Waals surface area contributed by atoms with Gasteiger partial charge in [0.1, 0.15) is 0 Å². The molecule has 2 amide bonds. The number of carbonyl (C=O) groups is 1. The summed E-state index contributed by atoms with van der Waals surface area (Å²) in [7, 11) is 0. The molecule has 1 heterocycles. The third-order valence-electron chi connectivity index (χ3n) is 2.11. The van der Waals surface area contributed by atoms with E-state index in [1.54, 1.807) is 0 Å². The average molecular weight is 251 g/mol. The van der Waals surface area contributed by atoms with Crippen LogP contribution in [0.15, 0.2) is 18.2 Å². The Kier molecular flexibility index (Phi) is 3.29. The SMILES string of the molecule is NC(=O)NCCNc1nc2ccc(N)cc2s1. The molecular weight excluding hydrogens is 238 g/mol. The van der Waals surface area contributed by atoms with Gasteiger partial charge >= 0.3 is 6.03 Å². The van der Waals surface area contributed by atoms with Crippen LogP contribution in [0.4, 0.5) is 15.6 Å². The van der Waals surface area contributed by atoms with Crippen LogP contribution >= 0.6 is 11.3 Å². The highest BCUT2D eigenvalue weighted by molar-refractivity contribution is 7.22. The number of aromatic nitrogens is 1. The molecule has 0 spiro atoms. The van der Waals surface area contributed by atoms with Crippen LogP contribution in [0.2, 0.25) is 0 Å². The van der Waals surface area contributed by atoms with Crippen LogP contribution < -0.4 is 22.1 Å². The smallest absolute Gasteiger partial charge is 0.312 e. The lowest BCUT2D eigenvalue weighted by Crippen LogP contribution is -2.33. The van der Waals surface area contributed by atoms with Crippen molar-refractivity contribution in [3.8, 4) is 0 Å². The molecule has 0 unspecified atom stereocenters. The second-order valence-corrected chi connectivity index (χ2v) is 4.49. The predicted octanol–water partition coefficient (Wildman–Crippen LogP) is 0.959. The fraction of sp³-hybridized carbons (Fsp3) is 0.200. The Labute approximate surface area is 102 Å². The van der Waals surface area contributed by atoms with Crippen LogP contribution in [0.5, 0.6) is 0 Å². The molecule has 2 aromatic rings. The number of hydrogen-bond donors (Lipinski definition) is 4. The van der Waals surface area contributed by atoms with E-state index in [0.29, 0.717) is 13.1 Å². The number of primary amides is 1. The maximum Gasteiger partial charge on any atom is 0.312 e. The first-order chi connectivity index (χ1) is 8.15. The molecule has 17 heavy (non-hydrogen) atoms. The summed E-state index contributed by atoms with van der Waals surface area (Å²) in [5.41, 5.74) is 12.3. The van der Waals surface area contributed by atoms with Crippen molar-refractivity contribution < 1.29 is 4.79 Å². The summed E-state index contributed by atoms with van der Waals surface area (Å²) in [6.45, 7) is 1.05. The Hall–Kier alpha value is -2.02. The Morgan fingerprint density at radius 3 is 3.00 bits per heavy atom. The van der Waals surface area contributed by atoms with E-state index < -0.39 is 6.03 Å². The third kappa shape index (κ3) is 2.97. The lowest BCUT2D eigenvalue weighted by Gasteiger charge is -2.01. The molecule has 1 aromatic carbocycles. The van der Waals surface area contributed by atoms with E-state index >= 15 is 0 Å². The summed E-state index contributed by atoms with van der Waals surface area (Å²) in [4.78, 5) is 14.8. The molecule has 6 N–H and O–H groups in total. The van der Waals surface area contributed by atoms with Crippen LogP contribution in [0.1, 0.15) is 0 Å². The zero-order valence-corrected chi connectivity index (χ0v) is 9.88. The molecule has 0 aliphatic carbocycles. The number of carbonyl (C=O) groups excluding carboxylic acids is 1. The molecule has 0 fully saturated rings. The van der Waals surface area contributed by atoms with Gasteiger partial charge in [-0.05, 0) is 18.2 Å². The van der Waals surface area contributed by atoms with Crippen LogP contribution in [0.25, 0.3) is 10.2 Å². The average Bonchev–Trinajstić information content (AvgIpc) is 2.66. The Morgan fingerprint density at radius 2 is 2.24 bits per heavy atom. The minimum absolute atomic E-state index is 0.466. The summed E-state index contributed by atoms with van der Waals surface area (Å²) in [6, 6.07) is 5.07. The highest BCUT2D eigenvalue weighted by Crippen LogP contribution is 2.27. The van der Waals surface area contributed by atoms with E-state index in [9.17, 15) is 4.79 Å². The first-order valence-corrected chi connectivity index (χ1v) is 5.90. The van der Waals surface area contributed by atoms with Gasteiger partial charge in [-0.3, -0.25) is 0 Å². The number of urea groups is 1. The molecule has 0 saturated heterocycles. The van der Waals surface area contributed by atoms with Crippen LogP contribution in [0, 0.1) is 0 Å². The number of benzene rings is 1. The lowest BCUT2D eigenvalue weighted by atomic mass is 10.3. The predicted molar refractivity (Wildman–Crippen MR) is 70.1 cm³/mol. The van der Waals surface area contributed by atoms with Crippen LogP contribution in [-0.2, 0) is 0 Å². The number of nitrogens with one attached hydrogen (secondary N) is 2. The van der Waals surface area contributed by atoms with E-state index in [1.807, 2.05) is 18.2 Å². The zero-order chi connectivity index (χ0) is 12.3. The third-order valence-corrected chi connectivity index (χ3v) is 3.09. The monoisotopic (exact) mass is 251 g/mol. The largest absolute Gasteiger partial charge is 0.399 e. The van der Waals surface area contributed by atoms with E-state index in [0.717, 1.165) is 21.0 Å². The van der Waals surface area contributed by atoms with Crippen molar-refractivity contribution in [2.75, 3.05) is 24.1 Å². The van der Waals surface area contributed by atoms with Crippen molar-refractivity contribution in [2.24, 2.45) is 5.73 Å². The van der Waals surface area contributed by atoms with E-state index in [4.69, 9.17) is 11.5 Å². The number of thiazole rings is 1. The van der Waals surface area contributed by atoms with Gasteiger partial charge in [-0.2, -0.15) is 0 Å². The minimum atomic E-state index is -0.524. The summed E-state index contributed by atoms with van der Waals surface area (Å²) in [5.74, 6) is 0. The Balaban J connectivity index is 1.97. The molecule has 0 bridgehead atoms. The molecule has 90 valence electrons. The molecule has 6 nitrogen and oxygen atoms in total. The molecular formula is C10H13N5OS. The summed E-state index contributed by atoms with van der Waals surface area (Å²) >= 11 is 1.52. The number of hydrogen-bond acceptors (Lipinski definition) is 5. The fourth-order valence-corrected chi connectivity index (χ4v) is 2.31. The Bertz CT molecular complexity index is 538. The van der Waals surface area contributed by atoms with Gasteiger partial charge in [0.2, 0.25) is 0 Å². The summed E-state index contributed by atoms with van der Waals surface area (Å²) in [5, 5.41) is 6.40. The van der Waals surface area contributed by atoms with Gasteiger partial charge in [0.25, 0.3) is 0 Å². The number of anilines is 2. The highest BCUT2D eigenvalue weighted by Gasteiger charge is 2.03. The van der Waals surface area contributed by atoms with Gasteiger partial charge in [0.05, 0.1) is 10.2 Å². The van der Waals surface area contributed by atoms with E-state index in [2.05, 4.69) is 15.6 Å². The molecule has 0 aliphatic heterocycles. The van der Waals surface area contributed by atoms with Crippen LogP contribution in [-0.4, -0.2) is 24.1 Å². The van der Waals surface area contributed by atoms with Crippen LogP contribution in [0.3, 0.4) is 0 Å². The van der Waals surface area contributed by atoms with Crippen molar-refractivity contribution in [1.29, 1.82) is 0 Å².